The van der Waals surface area contributed by atoms with Crippen molar-refractivity contribution in [1.29, 1.82) is 0 Å². The van der Waals surface area contributed by atoms with Gasteiger partial charge in [0, 0.05) is 28.8 Å². The van der Waals surface area contributed by atoms with E-state index < -0.39 is 35.0 Å². The van der Waals surface area contributed by atoms with E-state index in [0.29, 0.717) is 33.5 Å². The van der Waals surface area contributed by atoms with Crippen LogP contribution in [0.3, 0.4) is 0 Å². The lowest BCUT2D eigenvalue weighted by molar-refractivity contribution is -0.138. The zero-order valence-corrected chi connectivity index (χ0v) is 16.8. The number of fused-ring (bicyclic) bond motifs is 2. The molecule has 4 rings (SSSR count). The van der Waals surface area contributed by atoms with E-state index in [1.165, 1.54) is 6.20 Å². The number of Topliss-reactive ketones (excluding diaryl/α,β-unsaturated/α-hetero) is 1. The van der Waals surface area contributed by atoms with Crippen molar-refractivity contribution in [2.45, 2.75) is 29.0 Å². The van der Waals surface area contributed by atoms with E-state index in [-0.39, 0.29) is 25.2 Å². The van der Waals surface area contributed by atoms with Gasteiger partial charge in [0.25, 0.3) is 0 Å². The first kappa shape index (κ1) is 20.0. The Balaban J connectivity index is 1.90. The molecule has 1 amide bonds. The standard InChI is InChI=1S/C18H12F4IN3O3/c19-11-5-9(18(20,21)22)7-25-15(11)26-16(28)29-8-17(26)3-1-13(27)14-10(17)2-4-24-12(14)6-23/h2,4-5,7H,1,3,6,8H2/t17-/m1/s1. The normalized spacial score (nSPS) is 21.5. The van der Waals surface area contributed by atoms with E-state index in [2.05, 4.69) is 32.6 Å². The summed E-state index contributed by atoms with van der Waals surface area (Å²) in [6.45, 7) is -0.182. The largest absolute Gasteiger partial charge is 0.446 e. The molecule has 0 saturated carbocycles. The van der Waals surface area contributed by atoms with Gasteiger partial charge in [-0.1, -0.05) is 22.6 Å². The van der Waals surface area contributed by atoms with Gasteiger partial charge in [-0.25, -0.2) is 19.1 Å². The molecular weight excluding hydrogens is 509 g/mol. The molecule has 0 radical (unpaired) electrons. The molecule has 11 heteroatoms. The zero-order chi connectivity index (χ0) is 21.0. The van der Waals surface area contributed by atoms with Crippen molar-refractivity contribution in [2.24, 2.45) is 0 Å². The van der Waals surface area contributed by atoms with Crippen LogP contribution >= 0.6 is 22.6 Å². The Kier molecular flexibility index (Phi) is 4.74. The molecule has 0 unspecified atom stereocenters. The fourth-order valence-electron chi connectivity index (χ4n) is 3.79. The predicted molar refractivity (Wildman–Crippen MR) is 100 cm³/mol. The molecule has 3 heterocycles. The summed E-state index contributed by atoms with van der Waals surface area (Å²) >= 11 is 2.05. The highest BCUT2D eigenvalue weighted by Crippen LogP contribution is 2.47. The van der Waals surface area contributed by atoms with Gasteiger partial charge in [0.2, 0.25) is 0 Å². The number of alkyl halides is 4. The first-order valence-electron chi connectivity index (χ1n) is 8.46. The van der Waals surface area contributed by atoms with E-state index in [0.717, 1.165) is 4.90 Å². The highest BCUT2D eigenvalue weighted by molar-refractivity contribution is 14.1. The molecule has 2 aliphatic rings. The lowest BCUT2D eigenvalue weighted by Gasteiger charge is -2.39. The van der Waals surface area contributed by atoms with E-state index >= 15 is 0 Å². The number of amides is 1. The molecule has 1 spiro atoms. The molecular formula is C18H12F4IN3O3. The summed E-state index contributed by atoms with van der Waals surface area (Å²) in [6, 6.07) is 1.85. The van der Waals surface area contributed by atoms with E-state index in [9.17, 15) is 27.2 Å². The number of aromatic nitrogens is 2. The number of cyclic esters (lactones) is 1. The quantitative estimate of drug-likeness (QED) is 0.333. The van der Waals surface area contributed by atoms with Gasteiger partial charge in [0.1, 0.15) is 12.1 Å². The maximum absolute atomic E-state index is 14.6. The predicted octanol–water partition coefficient (Wildman–Crippen LogP) is 4.40. The zero-order valence-electron chi connectivity index (χ0n) is 14.6. The van der Waals surface area contributed by atoms with Crippen molar-refractivity contribution in [3.05, 3.63) is 52.7 Å². The molecule has 2 aromatic rings. The van der Waals surface area contributed by atoms with Crippen LogP contribution in [0.25, 0.3) is 0 Å². The number of ketones is 1. The number of hydrogen-bond donors (Lipinski definition) is 0. The van der Waals surface area contributed by atoms with Crippen LogP contribution in [0, 0.1) is 5.82 Å². The van der Waals surface area contributed by atoms with Crippen molar-refractivity contribution in [2.75, 3.05) is 11.5 Å². The van der Waals surface area contributed by atoms with Crippen molar-refractivity contribution in [3.8, 4) is 0 Å². The van der Waals surface area contributed by atoms with Gasteiger partial charge >= 0.3 is 12.3 Å². The Morgan fingerprint density at radius 1 is 1.28 bits per heavy atom. The second-order valence-corrected chi connectivity index (χ2v) is 7.45. The van der Waals surface area contributed by atoms with Crippen LogP contribution in [0.4, 0.5) is 28.2 Å². The van der Waals surface area contributed by atoms with Gasteiger partial charge in [-0.2, -0.15) is 13.2 Å². The molecule has 6 nitrogen and oxygen atoms in total. The SMILES string of the molecule is O=C1CC[C@@]2(COC(=O)N2c2ncc(C(F)(F)F)cc2F)c2ccnc(CI)c21. The summed E-state index contributed by atoms with van der Waals surface area (Å²) in [5.74, 6) is -2.04. The first-order chi connectivity index (χ1) is 13.7. The van der Waals surface area contributed by atoms with E-state index in [1.807, 2.05) is 0 Å². The topological polar surface area (TPSA) is 72.4 Å². The minimum atomic E-state index is -4.78. The number of nitrogens with zero attached hydrogens (tertiary/aromatic N) is 3. The third-order valence-electron chi connectivity index (χ3n) is 5.11. The van der Waals surface area contributed by atoms with Gasteiger partial charge in [-0.05, 0) is 24.1 Å². The Labute approximate surface area is 175 Å². The number of hydrogen-bond acceptors (Lipinski definition) is 5. The summed E-state index contributed by atoms with van der Waals surface area (Å²) in [7, 11) is 0. The second kappa shape index (κ2) is 6.89. The van der Waals surface area contributed by atoms with Crippen molar-refractivity contribution in [1.82, 2.24) is 9.97 Å². The second-order valence-electron chi connectivity index (χ2n) is 6.69. The Hall–Kier alpha value is -2.31. The van der Waals surface area contributed by atoms with Crippen LogP contribution in [0.15, 0.2) is 24.5 Å². The van der Waals surface area contributed by atoms with Crippen molar-refractivity contribution >= 4 is 40.3 Å². The molecule has 152 valence electrons. The number of ether oxygens (including phenoxy) is 1. The molecule has 29 heavy (non-hydrogen) atoms. The lowest BCUT2D eigenvalue weighted by Crippen LogP contribution is -2.49. The summed E-state index contributed by atoms with van der Waals surface area (Å²) in [5, 5.41) is 0. The number of anilines is 1. The molecule has 0 aromatic carbocycles. The number of carbonyl (C=O) groups is 2. The highest BCUT2D eigenvalue weighted by atomic mass is 127. The molecule has 1 fully saturated rings. The fraction of sp³-hybridized carbons (Fsp3) is 0.333. The van der Waals surface area contributed by atoms with Crippen LogP contribution in [0.2, 0.25) is 0 Å². The third-order valence-corrected chi connectivity index (χ3v) is 5.83. The maximum Gasteiger partial charge on any atom is 0.417 e. The number of pyridine rings is 2. The average molecular weight is 521 g/mol. The Bertz CT molecular complexity index is 1030. The van der Waals surface area contributed by atoms with Crippen molar-refractivity contribution in [3.63, 3.8) is 0 Å². The third kappa shape index (κ3) is 3.06. The van der Waals surface area contributed by atoms with Crippen LogP contribution in [0.5, 0.6) is 0 Å². The smallest absolute Gasteiger partial charge is 0.417 e. The number of rotatable bonds is 2. The van der Waals surface area contributed by atoms with Gasteiger partial charge in [-0.3, -0.25) is 9.78 Å². The molecule has 1 aliphatic heterocycles. The molecule has 2 aromatic heterocycles. The van der Waals surface area contributed by atoms with Gasteiger partial charge in [0.05, 0.1) is 11.3 Å². The van der Waals surface area contributed by atoms with E-state index in [4.69, 9.17) is 4.74 Å². The van der Waals surface area contributed by atoms with Crippen molar-refractivity contribution < 1.29 is 31.9 Å². The molecule has 1 saturated heterocycles. The fourth-order valence-corrected chi connectivity index (χ4v) is 4.37. The maximum atomic E-state index is 14.6. The molecule has 1 aliphatic carbocycles. The first-order valence-corrected chi connectivity index (χ1v) is 9.99. The highest BCUT2D eigenvalue weighted by Gasteiger charge is 2.54. The summed E-state index contributed by atoms with van der Waals surface area (Å²) in [4.78, 5) is 33.8. The monoisotopic (exact) mass is 521 g/mol. The van der Waals surface area contributed by atoms with Gasteiger partial charge in [0.15, 0.2) is 17.4 Å². The number of halogens is 5. The minimum absolute atomic E-state index is 0.0533. The minimum Gasteiger partial charge on any atom is -0.446 e. The lowest BCUT2D eigenvalue weighted by atomic mass is 9.75. The van der Waals surface area contributed by atoms with Crippen LogP contribution in [-0.4, -0.2) is 28.5 Å². The van der Waals surface area contributed by atoms with Crippen LogP contribution < -0.4 is 4.90 Å². The van der Waals surface area contributed by atoms with Crippen LogP contribution in [-0.2, 0) is 20.9 Å². The molecule has 0 N–H and O–H groups in total. The Morgan fingerprint density at radius 3 is 2.69 bits per heavy atom. The number of carbonyl (C=O) groups excluding carboxylic acids is 2. The van der Waals surface area contributed by atoms with Gasteiger partial charge < -0.3 is 4.74 Å². The summed E-state index contributed by atoms with van der Waals surface area (Å²) in [5.41, 5.74) is -1.23. The Morgan fingerprint density at radius 2 is 2.03 bits per heavy atom. The van der Waals surface area contributed by atoms with Gasteiger partial charge in [-0.15, -0.1) is 0 Å². The average Bonchev–Trinajstić information content (AvgIpc) is 3.00. The van der Waals surface area contributed by atoms with Crippen LogP contribution in [0.1, 0.15) is 40.0 Å². The van der Waals surface area contributed by atoms with E-state index in [1.54, 1.807) is 6.07 Å². The summed E-state index contributed by atoms with van der Waals surface area (Å²) < 4.78 is 58.8. The molecule has 1 atom stereocenters. The molecule has 0 bridgehead atoms. The summed E-state index contributed by atoms with van der Waals surface area (Å²) in [6.07, 6.45) is -3.60.